The number of para-hydroxylation sites is 1. The van der Waals surface area contributed by atoms with Crippen molar-refractivity contribution in [2.24, 2.45) is 0 Å². The van der Waals surface area contributed by atoms with Crippen LogP contribution in [0.5, 0.6) is 0 Å². The number of likely N-dealkylation sites (N-methyl/N-ethyl adjacent to an activating group) is 1. The largest absolute Gasteiger partial charge is 0.448 e. The summed E-state index contributed by atoms with van der Waals surface area (Å²) in [5.74, 6) is 0. The number of nitrogens with zero attached hydrogens (tertiary/aromatic N) is 1. The fourth-order valence-electron chi connectivity index (χ4n) is 3.28. The van der Waals surface area contributed by atoms with Gasteiger partial charge in [0.1, 0.15) is 6.61 Å². The van der Waals surface area contributed by atoms with Crippen LogP contribution < -0.4 is 5.32 Å². The van der Waals surface area contributed by atoms with Gasteiger partial charge in [0.05, 0.1) is 5.69 Å². The van der Waals surface area contributed by atoms with E-state index in [1.807, 2.05) is 54.6 Å². The first kappa shape index (κ1) is 16.5. The fraction of sp³-hybridized carbons (Fsp3) is 0.350. The lowest BCUT2D eigenvalue weighted by Crippen LogP contribution is -2.34. The van der Waals surface area contributed by atoms with Crippen molar-refractivity contribution in [1.82, 2.24) is 4.90 Å². The lowest BCUT2D eigenvalue weighted by atomic mass is 10.0. The Morgan fingerprint density at radius 3 is 2.71 bits per heavy atom. The molecule has 1 amide bonds. The van der Waals surface area contributed by atoms with Crippen LogP contribution in [0, 0.1) is 0 Å². The average Bonchev–Trinajstić information content (AvgIpc) is 3.09. The first-order valence-corrected chi connectivity index (χ1v) is 8.60. The van der Waals surface area contributed by atoms with Crippen molar-refractivity contribution < 1.29 is 9.53 Å². The smallest absolute Gasteiger partial charge is 0.411 e. The highest BCUT2D eigenvalue weighted by atomic mass is 16.5. The van der Waals surface area contributed by atoms with E-state index in [9.17, 15) is 4.79 Å². The number of hydrogen-bond acceptors (Lipinski definition) is 3. The Morgan fingerprint density at radius 1 is 1.17 bits per heavy atom. The molecule has 24 heavy (non-hydrogen) atoms. The summed E-state index contributed by atoms with van der Waals surface area (Å²) in [4.78, 5) is 14.6. The number of anilines is 1. The van der Waals surface area contributed by atoms with Gasteiger partial charge in [-0.3, -0.25) is 10.2 Å². The Morgan fingerprint density at radius 2 is 1.92 bits per heavy atom. The highest BCUT2D eigenvalue weighted by Gasteiger charge is 2.24. The summed E-state index contributed by atoms with van der Waals surface area (Å²) in [5.41, 5.74) is 2.83. The maximum absolute atomic E-state index is 12.2. The molecule has 4 heteroatoms. The minimum atomic E-state index is -0.388. The zero-order chi connectivity index (χ0) is 16.8. The van der Waals surface area contributed by atoms with E-state index in [4.69, 9.17) is 4.74 Å². The van der Waals surface area contributed by atoms with Crippen LogP contribution in [-0.4, -0.2) is 36.7 Å². The van der Waals surface area contributed by atoms with Gasteiger partial charge in [0.15, 0.2) is 0 Å². The predicted molar refractivity (Wildman–Crippen MR) is 97.1 cm³/mol. The summed E-state index contributed by atoms with van der Waals surface area (Å²) >= 11 is 0. The second-order valence-corrected chi connectivity index (χ2v) is 6.06. The average molecular weight is 324 g/mol. The van der Waals surface area contributed by atoms with E-state index < -0.39 is 0 Å². The monoisotopic (exact) mass is 324 g/mol. The second-order valence-electron chi connectivity index (χ2n) is 6.06. The minimum Gasteiger partial charge on any atom is -0.448 e. The summed E-state index contributed by atoms with van der Waals surface area (Å²) in [6, 6.07) is 18.2. The van der Waals surface area contributed by atoms with Crippen LogP contribution in [0.2, 0.25) is 0 Å². The Labute approximate surface area is 143 Å². The lowest BCUT2D eigenvalue weighted by molar-refractivity contribution is 0.120. The van der Waals surface area contributed by atoms with Gasteiger partial charge in [-0.05, 0) is 37.6 Å². The molecule has 0 saturated carbocycles. The molecule has 1 N–H and O–H groups in total. The third-order valence-corrected chi connectivity index (χ3v) is 4.56. The number of nitrogens with one attached hydrogen (secondary N) is 1. The Kier molecular flexibility index (Phi) is 5.49. The van der Waals surface area contributed by atoms with Gasteiger partial charge < -0.3 is 4.74 Å². The quantitative estimate of drug-likeness (QED) is 0.887. The second kappa shape index (κ2) is 7.97. The van der Waals surface area contributed by atoms with Crippen LogP contribution in [0.15, 0.2) is 54.6 Å². The highest BCUT2D eigenvalue weighted by molar-refractivity contribution is 5.91. The molecule has 0 spiro atoms. The van der Waals surface area contributed by atoms with Crippen LogP contribution in [-0.2, 0) is 4.74 Å². The first-order valence-electron chi connectivity index (χ1n) is 8.60. The van der Waals surface area contributed by atoms with Crippen LogP contribution in [0.3, 0.4) is 0 Å². The zero-order valence-electron chi connectivity index (χ0n) is 14.1. The maximum Gasteiger partial charge on any atom is 0.411 e. The molecular weight excluding hydrogens is 300 g/mol. The van der Waals surface area contributed by atoms with E-state index >= 15 is 0 Å². The molecule has 0 radical (unpaired) electrons. The number of carbonyl (C=O) groups excluding carboxylic acids is 1. The van der Waals surface area contributed by atoms with Crippen molar-refractivity contribution in [3.8, 4) is 11.1 Å². The number of benzene rings is 2. The van der Waals surface area contributed by atoms with Crippen molar-refractivity contribution in [3.63, 3.8) is 0 Å². The lowest BCUT2D eigenvalue weighted by Gasteiger charge is -2.22. The molecule has 0 aromatic heterocycles. The van der Waals surface area contributed by atoms with Crippen molar-refractivity contribution in [2.45, 2.75) is 25.8 Å². The summed E-state index contributed by atoms with van der Waals surface area (Å²) in [6.45, 7) is 4.71. The van der Waals surface area contributed by atoms with Crippen LogP contribution in [0.25, 0.3) is 11.1 Å². The summed E-state index contributed by atoms with van der Waals surface area (Å²) in [6.07, 6.45) is 1.89. The molecule has 1 aliphatic rings. The van der Waals surface area contributed by atoms with E-state index in [1.54, 1.807) is 0 Å². The number of hydrogen-bond donors (Lipinski definition) is 1. The molecule has 1 fully saturated rings. The SMILES string of the molecule is CCN1CCC[C@H]1COC(=O)Nc1ccccc1-c1ccccc1. The van der Waals surface area contributed by atoms with Gasteiger partial charge >= 0.3 is 6.09 Å². The number of carbonyl (C=O) groups is 1. The van der Waals surface area contributed by atoms with E-state index in [0.29, 0.717) is 12.6 Å². The molecule has 4 nitrogen and oxygen atoms in total. The third kappa shape index (κ3) is 3.95. The molecule has 1 heterocycles. The van der Waals surface area contributed by atoms with E-state index in [1.165, 1.54) is 6.42 Å². The maximum atomic E-state index is 12.2. The normalized spacial score (nSPS) is 17.6. The van der Waals surface area contributed by atoms with Gasteiger partial charge in [-0.2, -0.15) is 0 Å². The van der Waals surface area contributed by atoms with Gasteiger partial charge in [0.25, 0.3) is 0 Å². The molecule has 1 aliphatic heterocycles. The molecule has 2 aromatic carbocycles. The van der Waals surface area contributed by atoms with Crippen molar-refractivity contribution in [1.29, 1.82) is 0 Å². The van der Waals surface area contributed by atoms with Gasteiger partial charge in [0.2, 0.25) is 0 Å². The Hall–Kier alpha value is -2.33. The van der Waals surface area contributed by atoms with Crippen LogP contribution in [0.4, 0.5) is 10.5 Å². The van der Waals surface area contributed by atoms with Crippen LogP contribution >= 0.6 is 0 Å². The summed E-state index contributed by atoms with van der Waals surface area (Å²) in [5, 5.41) is 2.89. The van der Waals surface area contributed by atoms with E-state index in [-0.39, 0.29) is 6.09 Å². The molecule has 0 bridgehead atoms. The topological polar surface area (TPSA) is 41.6 Å². The molecule has 126 valence electrons. The van der Waals surface area contributed by atoms with E-state index in [2.05, 4.69) is 17.1 Å². The van der Waals surface area contributed by atoms with Crippen molar-refractivity contribution >= 4 is 11.8 Å². The van der Waals surface area contributed by atoms with Crippen LogP contribution in [0.1, 0.15) is 19.8 Å². The standard InChI is InChI=1S/C20H24N2O2/c1-2-22-14-8-11-17(22)15-24-20(23)21-19-13-7-6-12-18(19)16-9-4-3-5-10-16/h3-7,9-10,12-13,17H,2,8,11,14-15H2,1H3,(H,21,23)/t17-/m0/s1. The summed E-state index contributed by atoms with van der Waals surface area (Å²) < 4.78 is 5.46. The third-order valence-electron chi connectivity index (χ3n) is 4.56. The van der Waals surface area contributed by atoms with Gasteiger partial charge in [-0.25, -0.2) is 4.79 Å². The molecule has 1 saturated heterocycles. The van der Waals surface area contributed by atoms with Gasteiger partial charge in [0, 0.05) is 11.6 Å². The van der Waals surface area contributed by atoms with Crippen molar-refractivity contribution in [2.75, 3.05) is 25.0 Å². The fourth-order valence-corrected chi connectivity index (χ4v) is 3.28. The Bertz CT molecular complexity index is 672. The predicted octanol–water partition coefficient (Wildman–Crippen LogP) is 4.39. The molecule has 1 atom stereocenters. The van der Waals surface area contributed by atoms with Gasteiger partial charge in [-0.1, -0.05) is 55.5 Å². The first-order chi connectivity index (χ1) is 11.8. The molecule has 0 aliphatic carbocycles. The molecular formula is C20H24N2O2. The van der Waals surface area contributed by atoms with E-state index in [0.717, 1.165) is 36.3 Å². The number of ether oxygens (including phenoxy) is 1. The molecule has 0 unspecified atom stereocenters. The number of rotatable bonds is 5. The highest BCUT2D eigenvalue weighted by Crippen LogP contribution is 2.27. The Balaban J connectivity index is 1.63. The number of likely N-dealkylation sites (tertiary alicyclic amines) is 1. The van der Waals surface area contributed by atoms with Crippen molar-refractivity contribution in [3.05, 3.63) is 54.6 Å². The van der Waals surface area contributed by atoms with Gasteiger partial charge in [-0.15, -0.1) is 0 Å². The number of amides is 1. The minimum absolute atomic E-state index is 0.352. The zero-order valence-corrected chi connectivity index (χ0v) is 14.1. The summed E-state index contributed by atoms with van der Waals surface area (Å²) in [7, 11) is 0. The molecule has 2 aromatic rings. The molecule has 3 rings (SSSR count).